The van der Waals surface area contributed by atoms with E-state index in [2.05, 4.69) is 12.2 Å². The van der Waals surface area contributed by atoms with Crippen LogP contribution in [0.5, 0.6) is 0 Å². The molecule has 0 aliphatic carbocycles. The Hall–Kier alpha value is -2.68. The number of rotatable bonds is 7. The van der Waals surface area contributed by atoms with Crippen LogP contribution in [0.1, 0.15) is 45.1 Å². The molecule has 1 aromatic carbocycles. The average molecular weight is 434 g/mol. The molecule has 0 bridgehead atoms. The van der Waals surface area contributed by atoms with E-state index >= 15 is 0 Å². The second-order valence-electron chi connectivity index (χ2n) is 8.17. The summed E-state index contributed by atoms with van der Waals surface area (Å²) in [6, 6.07) is 5.04. The zero-order valence-corrected chi connectivity index (χ0v) is 18.5. The van der Waals surface area contributed by atoms with Gasteiger partial charge in [0.15, 0.2) is 0 Å². The van der Waals surface area contributed by atoms with Crippen molar-refractivity contribution in [3.63, 3.8) is 0 Å². The summed E-state index contributed by atoms with van der Waals surface area (Å²) in [5, 5.41) is 6.02. The van der Waals surface area contributed by atoms with Crippen molar-refractivity contribution in [2.75, 3.05) is 26.7 Å². The number of carbonyl (C=O) groups excluding carboxylic acids is 3. The lowest BCUT2D eigenvalue weighted by molar-refractivity contribution is -0.187. The van der Waals surface area contributed by atoms with Crippen LogP contribution in [-0.4, -0.2) is 76.6 Å². The summed E-state index contributed by atoms with van der Waals surface area (Å²) in [7, 11) is 1.70. The zero-order chi connectivity index (χ0) is 22.5. The average Bonchev–Trinajstić information content (AvgIpc) is 2.74. The molecule has 2 heterocycles. The molecule has 0 radical (unpaired) electrons. The van der Waals surface area contributed by atoms with Gasteiger partial charge in [-0.05, 0) is 30.5 Å². The highest BCUT2D eigenvalue weighted by molar-refractivity contribution is 5.91. The molecule has 0 saturated carbocycles. The molecule has 31 heavy (non-hydrogen) atoms. The number of fused-ring (bicyclic) bond motifs is 1. The summed E-state index contributed by atoms with van der Waals surface area (Å²) in [5.41, 5.74) is 0.773. The van der Waals surface area contributed by atoms with Crippen molar-refractivity contribution in [3.8, 4) is 0 Å². The van der Waals surface area contributed by atoms with E-state index in [4.69, 9.17) is 0 Å². The van der Waals surface area contributed by atoms with E-state index in [9.17, 15) is 18.8 Å². The Balaban J connectivity index is 1.81. The van der Waals surface area contributed by atoms with Crippen LogP contribution in [0.3, 0.4) is 0 Å². The molecule has 1 aromatic rings. The number of hydrazine groups is 1. The minimum atomic E-state index is -0.550. The Labute approximate surface area is 182 Å². The normalized spacial score (nSPS) is 22.0. The third kappa shape index (κ3) is 4.98. The summed E-state index contributed by atoms with van der Waals surface area (Å²) >= 11 is 0. The van der Waals surface area contributed by atoms with E-state index in [1.165, 1.54) is 12.1 Å². The van der Waals surface area contributed by atoms with Gasteiger partial charge in [-0.3, -0.25) is 9.59 Å². The lowest BCUT2D eigenvalue weighted by atomic mass is 10.0. The van der Waals surface area contributed by atoms with Crippen LogP contribution < -0.4 is 5.32 Å². The summed E-state index contributed by atoms with van der Waals surface area (Å²) in [6.45, 7) is 5.23. The summed E-state index contributed by atoms with van der Waals surface area (Å²) < 4.78 is 13.1. The smallest absolute Gasteiger partial charge is 0.334 e. The molecule has 0 aromatic heterocycles. The van der Waals surface area contributed by atoms with Gasteiger partial charge < -0.3 is 15.1 Å². The maximum absolute atomic E-state index is 13.1. The minimum Gasteiger partial charge on any atom is -0.337 e. The third-order valence-electron chi connectivity index (χ3n) is 5.85. The number of piperazine rings is 1. The number of halogens is 1. The molecular formula is C22H32FN5O3. The fraction of sp³-hybridized carbons (Fsp3) is 0.591. The molecule has 3 rings (SSSR count). The van der Waals surface area contributed by atoms with Crippen molar-refractivity contribution < 1.29 is 18.8 Å². The van der Waals surface area contributed by atoms with Gasteiger partial charge >= 0.3 is 6.03 Å². The molecule has 2 aliphatic heterocycles. The van der Waals surface area contributed by atoms with Crippen LogP contribution in [0.4, 0.5) is 9.18 Å². The van der Waals surface area contributed by atoms with E-state index in [1.54, 1.807) is 39.0 Å². The molecule has 4 amide bonds. The first-order chi connectivity index (χ1) is 14.9. The van der Waals surface area contributed by atoms with Crippen LogP contribution >= 0.6 is 0 Å². The Kier molecular flexibility index (Phi) is 7.48. The molecule has 170 valence electrons. The van der Waals surface area contributed by atoms with Crippen molar-refractivity contribution in [1.29, 1.82) is 0 Å². The first kappa shape index (κ1) is 23.0. The monoisotopic (exact) mass is 433 g/mol. The van der Waals surface area contributed by atoms with Crippen LogP contribution in [0, 0.1) is 5.82 Å². The van der Waals surface area contributed by atoms with Crippen LogP contribution in [0.2, 0.25) is 0 Å². The van der Waals surface area contributed by atoms with Gasteiger partial charge in [-0.15, -0.1) is 0 Å². The van der Waals surface area contributed by atoms with Crippen molar-refractivity contribution >= 4 is 17.8 Å². The third-order valence-corrected chi connectivity index (χ3v) is 5.85. The lowest BCUT2D eigenvalue weighted by Crippen LogP contribution is -2.75. The Morgan fingerprint density at radius 3 is 2.52 bits per heavy atom. The summed E-state index contributed by atoms with van der Waals surface area (Å²) in [6.07, 6.45) is 2.61. The van der Waals surface area contributed by atoms with Gasteiger partial charge in [0.2, 0.25) is 11.8 Å². The number of hydrogen-bond donors (Lipinski definition) is 1. The molecule has 8 nitrogen and oxygen atoms in total. The number of hydrogen-bond acceptors (Lipinski definition) is 4. The van der Waals surface area contributed by atoms with Gasteiger partial charge in [0, 0.05) is 20.1 Å². The molecule has 2 saturated heterocycles. The fourth-order valence-electron chi connectivity index (χ4n) is 4.27. The molecule has 2 fully saturated rings. The summed E-state index contributed by atoms with van der Waals surface area (Å²) in [4.78, 5) is 42.5. The number of urea groups is 1. The van der Waals surface area contributed by atoms with Gasteiger partial charge in [0.1, 0.15) is 18.0 Å². The topological polar surface area (TPSA) is 76.2 Å². The Morgan fingerprint density at radius 2 is 1.87 bits per heavy atom. The predicted octanol–water partition coefficient (Wildman–Crippen LogP) is 2.16. The zero-order valence-electron chi connectivity index (χ0n) is 18.5. The van der Waals surface area contributed by atoms with Crippen molar-refractivity contribution in [2.45, 2.75) is 58.3 Å². The molecule has 2 atom stereocenters. The quantitative estimate of drug-likeness (QED) is 0.715. The van der Waals surface area contributed by atoms with Crippen LogP contribution in [-0.2, 0) is 16.1 Å². The highest BCUT2D eigenvalue weighted by atomic mass is 19.1. The number of nitrogens with one attached hydrogen (secondary N) is 1. The van der Waals surface area contributed by atoms with E-state index in [1.807, 2.05) is 6.92 Å². The van der Waals surface area contributed by atoms with Gasteiger partial charge in [-0.25, -0.2) is 19.2 Å². The second kappa shape index (κ2) is 10.1. The number of benzene rings is 1. The lowest BCUT2D eigenvalue weighted by Gasteiger charge is -2.54. The largest absolute Gasteiger partial charge is 0.337 e. The van der Waals surface area contributed by atoms with E-state index in [0.717, 1.165) is 24.8 Å². The van der Waals surface area contributed by atoms with Gasteiger partial charge in [0.05, 0.1) is 13.1 Å². The van der Waals surface area contributed by atoms with Crippen LogP contribution in [0.15, 0.2) is 24.3 Å². The number of likely N-dealkylation sites (N-methyl/N-ethyl adjacent to an activating group) is 1. The van der Waals surface area contributed by atoms with E-state index in [-0.39, 0.29) is 36.8 Å². The molecule has 9 heteroatoms. The molecular weight excluding hydrogens is 401 g/mol. The second-order valence-corrected chi connectivity index (χ2v) is 8.17. The number of nitrogens with zero attached hydrogens (tertiary/aromatic N) is 4. The van der Waals surface area contributed by atoms with Gasteiger partial charge in [-0.1, -0.05) is 38.8 Å². The Morgan fingerprint density at radius 1 is 1.16 bits per heavy atom. The Bertz CT molecular complexity index is 803. The summed E-state index contributed by atoms with van der Waals surface area (Å²) in [5.74, 6) is -0.505. The van der Waals surface area contributed by atoms with Crippen LogP contribution in [0.25, 0.3) is 0 Å². The molecule has 0 spiro atoms. The number of carbonyl (C=O) groups is 3. The fourth-order valence-corrected chi connectivity index (χ4v) is 4.27. The van der Waals surface area contributed by atoms with Crippen molar-refractivity contribution in [2.24, 2.45) is 0 Å². The number of amides is 4. The highest BCUT2D eigenvalue weighted by Gasteiger charge is 2.50. The predicted molar refractivity (Wildman–Crippen MR) is 114 cm³/mol. The maximum atomic E-state index is 13.1. The SMILES string of the molecule is CCCCN1C[C@H]2N(C(=O)CN(C)N2C(=O)NCc2ccc(F)cc2)[C@@H](CCC)C1=O. The molecule has 2 aliphatic rings. The molecule has 0 unspecified atom stereocenters. The minimum absolute atomic E-state index is 0.0307. The maximum Gasteiger partial charge on any atom is 0.334 e. The first-order valence-corrected chi connectivity index (χ1v) is 11.0. The van der Waals surface area contributed by atoms with E-state index < -0.39 is 12.2 Å². The van der Waals surface area contributed by atoms with Crippen molar-refractivity contribution in [1.82, 2.24) is 25.1 Å². The highest BCUT2D eigenvalue weighted by Crippen LogP contribution is 2.28. The van der Waals surface area contributed by atoms with Gasteiger partial charge in [0.25, 0.3) is 0 Å². The number of unbranched alkanes of at least 4 members (excludes halogenated alkanes) is 1. The standard InChI is InChI=1S/C22H32FN5O3/c1-4-6-12-26-14-19-27(18(7-5-2)21(26)30)20(29)15-25(3)28(19)22(31)24-13-16-8-10-17(23)11-9-16/h8-11,18-19H,4-7,12-15H2,1-3H3,(H,24,31)/t18-,19-/m0/s1. The van der Waals surface area contributed by atoms with E-state index in [0.29, 0.717) is 19.5 Å². The molecule has 1 N–H and O–H groups in total. The van der Waals surface area contributed by atoms with Crippen molar-refractivity contribution in [3.05, 3.63) is 35.6 Å². The first-order valence-electron chi connectivity index (χ1n) is 11.0. The van der Waals surface area contributed by atoms with Gasteiger partial charge in [-0.2, -0.15) is 0 Å².